The molecule has 6 nitrogen and oxygen atoms in total. The first-order valence-electron chi connectivity index (χ1n) is 3.57. The predicted octanol–water partition coefficient (Wildman–Crippen LogP) is -1.34. The molecule has 0 rings (SSSR count). The van der Waals surface area contributed by atoms with Crippen molar-refractivity contribution in [2.24, 2.45) is 11.5 Å². The Hall–Kier alpha value is -1.30. The van der Waals surface area contributed by atoms with Gasteiger partial charge in [0.15, 0.2) is 5.96 Å². The van der Waals surface area contributed by atoms with E-state index in [-0.39, 0.29) is 18.4 Å². The standard InChI is InChI=1S/C6H14N4O2/c7-4(3-5(11)12)1-2-10-6(8)9/h4H,1-3,7H2,(H,11,12)(H4,8,9,10)/t4-/m1/s1. The second-order valence-electron chi connectivity index (χ2n) is 2.49. The minimum Gasteiger partial charge on any atom is -0.481 e. The Bertz CT molecular complexity index is 171. The van der Waals surface area contributed by atoms with E-state index in [0.29, 0.717) is 13.0 Å². The largest absolute Gasteiger partial charge is 0.481 e. The molecule has 0 amide bonds. The van der Waals surface area contributed by atoms with Crippen molar-refractivity contribution < 1.29 is 9.90 Å². The van der Waals surface area contributed by atoms with Gasteiger partial charge in [0.2, 0.25) is 0 Å². The van der Waals surface area contributed by atoms with Crippen LogP contribution in [-0.4, -0.2) is 29.6 Å². The van der Waals surface area contributed by atoms with Gasteiger partial charge in [-0.2, -0.15) is 0 Å². The summed E-state index contributed by atoms with van der Waals surface area (Å²) in [6, 6.07) is -0.380. The number of hydrogen-bond donors (Lipinski definition) is 5. The van der Waals surface area contributed by atoms with Crippen molar-refractivity contribution in [3.63, 3.8) is 0 Å². The van der Waals surface area contributed by atoms with Crippen LogP contribution in [0.15, 0.2) is 0 Å². The van der Waals surface area contributed by atoms with E-state index in [9.17, 15) is 4.79 Å². The fourth-order valence-corrected chi connectivity index (χ4v) is 0.719. The first-order valence-corrected chi connectivity index (χ1v) is 3.57. The zero-order chi connectivity index (χ0) is 9.56. The van der Waals surface area contributed by atoms with Crippen molar-refractivity contribution in [2.45, 2.75) is 18.9 Å². The van der Waals surface area contributed by atoms with Gasteiger partial charge in [-0.1, -0.05) is 0 Å². The third kappa shape index (κ3) is 6.81. The van der Waals surface area contributed by atoms with E-state index in [1.165, 1.54) is 0 Å². The highest BCUT2D eigenvalue weighted by atomic mass is 16.4. The van der Waals surface area contributed by atoms with Crippen LogP contribution in [0, 0.1) is 5.41 Å². The first-order chi connectivity index (χ1) is 5.52. The van der Waals surface area contributed by atoms with Gasteiger partial charge in [-0.25, -0.2) is 0 Å². The van der Waals surface area contributed by atoms with Gasteiger partial charge in [-0.05, 0) is 6.42 Å². The van der Waals surface area contributed by atoms with E-state index in [4.69, 9.17) is 22.0 Å². The van der Waals surface area contributed by atoms with Gasteiger partial charge in [-0.15, -0.1) is 0 Å². The maximum Gasteiger partial charge on any atom is 0.304 e. The molecule has 0 unspecified atom stereocenters. The summed E-state index contributed by atoms with van der Waals surface area (Å²) < 4.78 is 0. The first kappa shape index (κ1) is 10.7. The highest BCUT2D eigenvalue weighted by Gasteiger charge is 2.06. The number of rotatable bonds is 5. The fourth-order valence-electron chi connectivity index (χ4n) is 0.719. The average Bonchev–Trinajstić information content (AvgIpc) is 1.84. The van der Waals surface area contributed by atoms with Crippen LogP contribution in [0.2, 0.25) is 0 Å². The summed E-state index contributed by atoms with van der Waals surface area (Å²) in [4.78, 5) is 10.1. The number of nitrogens with two attached hydrogens (primary N) is 2. The van der Waals surface area contributed by atoms with Crippen molar-refractivity contribution in [1.29, 1.82) is 5.41 Å². The van der Waals surface area contributed by atoms with Gasteiger partial charge in [-0.3, -0.25) is 10.2 Å². The van der Waals surface area contributed by atoms with Gasteiger partial charge in [0, 0.05) is 12.6 Å². The molecule has 70 valence electrons. The van der Waals surface area contributed by atoms with Crippen LogP contribution in [0.1, 0.15) is 12.8 Å². The summed E-state index contributed by atoms with van der Waals surface area (Å²) in [5.41, 5.74) is 10.4. The lowest BCUT2D eigenvalue weighted by atomic mass is 10.1. The fraction of sp³-hybridized carbons (Fsp3) is 0.667. The summed E-state index contributed by atoms with van der Waals surface area (Å²) >= 11 is 0. The minimum absolute atomic E-state index is 0.0560. The van der Waals surface area contributed by atoms with Crippen LogP contribution in [-0.2, 0) is 4.79 Å². The van der Waals surface area contributed by atoms with Crippen LogP contribution in [0.3, 0.4) is 0 Å². The molecule has 0 aliphatic heterocycles. The van der Waals surface area contributed by atoms with E-state index in [2.05, 4.69) is 5.32 Å². The number of guanidine groups is 1. The van der Waals surface area contributed by atoms with E-state index in [0.717, 1.165) is 0 Å². The summed E-state index contributed by atoms with van der Waals surface area (Å²) in [5, 5.41) is 17.7. The molecule has 0 saturated heterocycles. The molecule has 0 aromatic carbocycles. The van der Waals surface area contributed by atoms with Gasteiger partial charge in [0.1, 0.15) is 0 Å². The molecule has 0 aromatic heterocycles. The Kier molecular flexibility index (Phi) is 4.78. The molecule has 0 aliphatic rings. The molecule has 0 bridgehead atoms. The Labute approximate surface area is 70.4 Å². The molecule has 0 heterocycles. The third-order valence-corrected chi connectivity index (χ3v) is 1.27. The topological polar surface area (TPSA) is 125 Å². The second-order valence-corrected chi connectivity index (χ2v) is 2.49. The smallest absolute Gasteiger partial charge is 0.304 e. The summed E-state index contributed by atoms with van der Waals surface area (Å²) in [6.07, 6.45) is 0.436. The van der Waals surface area contributed by atoms with Gasteiger partial charge < -0.3 is 21.9 Å². The number of aliphatic carboxylic acids is 1. The number of hydrogen-bond acceptors (Lipinski definition) is 3. The Balaban J connectivity index is 3.37. The molecule has 1 atom stereocenters. The van der Waals surface area contributed by atoms with E-state index in [1.807, 2.05) is 0 Å². The van der Waals surface area contributed by atoms with Crippen molar-refractivity contribution in [1.82, 2.24) is 5.32 Å². The third-order valence-electron chi connectivity index (χ3n) is 1.27. The molecular weight excluding hydrogens is 160 g/mol. The zero-order valence-electron chi connectivity index (χ0n) is 6.71. The number of carbonyl (C=O) groups is 1. The normalized spacial score (nSPS) is 12.1. The van der Waals surface area contributed by atoms with Crippen molar-refractivity contribution >= 4 is 11.9 Å². The van der Waals surface area contributed by atoms with Crippen LogP contribution < -0.4 is 16.8 Å². The van der Waals surface area contributed by atoms with Gasteiger partial charge in [0.25, 0.3) is 0 Å². The zero-order valence-corrected chi connectivity index (χ0v) is 6.71. The average molecular weight is 174 g/mol. The van der Waals surface area contributed by atoms with Crippen LogP contribution in [0.5, 0.6) is 0 Å². The Morgan fingerprint density at radius 3 is 2.67 bits per heavy atom. The van der Waals surface area contributed by atoms with E-state index >= 15 is 0 Å². The lowest BCUT2D eigenvalue weighted by molar-refractivity contribution is -0.137. The van der Waals surface area contributed by atoms with E-state index in [1.54, 1.807) is 0 Å². The monoisotopic (exact) mass is 174 g/mol. The molecule has 12 heavy (non-hydrogen) atoms. The molecule has 0 aliphatic carbocycles. The lowest BCUT2D eigenvalue weighted by Gasteiger charge is -2.08. The van der Waals surface area contributed by atoms with Crippen molar-refractivity contribution in [3.8, 4) is 0 Å². The number of nitrogens with one attached hydrogen (secondary N) is 2. The second kappa shape index (κ2) is 5.36. The highest BCUT2D eigenvalue weighted by molar-refractivity contribution is 5.74. The highest BCUT2D eigenvalue weighted by Crippen LogP contribution is 1.92. The molecule has 7 N–H and O–H groups in total. The molecule has 0 fully saturated rings. The number of carboxylic acid groups (broad SMARTS) is 1. The Morgan fingerprint density at radius 2 is 2.25 bits per heavy atom. The molecule has 0 saturated carbocycles. The van der Waals surface area contributed by atoms with Crippen LogP contribution in [0.25, 0.3) is 0 Å². The molecule has 6 heteroatoms. The predicted molar refractivity (Wildman–Crippen MR) is 44.8 cm³/mol. The van der Waals surface area contributed by atoms with Crippen LogP contribution in [0.4, 0.5) is 0 Å². The van der Waals surface area contributed by atoms with Crippen molar-refractivity contribution in [2.75, 3.05) is 6.54 Å². The maximum absolute atomic E-state index is 10.1. The quantitative estimate of drug-likeness (QED) is 0.260. The van der Waals surface area contributed by atoms with E-state index < -0.39 is 5.97 Å². The van der Waals surface area contributed by atoms with Gasteiger partial charge in [0.05, 0.1) is 6.42 Å². The van der Waals surface area contributed by atoms with Crippen molar-refractivity contribution in [3.05, 3.63) is 0 Å². The summed E-state index contributed by atoms with van der Waals surface area (Å²) in [7, 11) is 0. The molecular formula is C6H14N4O2. The minimum atomic E-state index is -0.912. The summed E-state index contributed by atoms with van der Waals surface area (Å²) in [5.74, 6) is -1.04. The maximum atomic E-state index is 10.1. The summed E-state index contributed by atoms with van der Waals surface area (Å²) in [6.45, 7) is 0.434. The lowest BCUT2D eigenvalue weighted by Crippen LogP contribution is -2.35. The number of carboxylic acids is 1. The SMILES string of the molecule is N=C(N)NCC[C@@H](N)CC(=O)O. The van der Waals surface area contributed by atoms with Gasteiger partial charge >= 0.3 is 5.97 Å². The molecule has 0 spiro atoms. The molecule has 0 aromatic rings. The molecule has 0 radical (unpaired) electrons. The van der Waals surface area contributed by atoms with Crippen LogP contribution >= 0.6 is 0 Å². The Morgan fingerprint density at radius 1 is 1.67 bits per heavy atom.